The first kappa shape index (κ1) is 17.2. The van der Waals surface area contributed by atoms with Gasteiger partial charge in [-0.15, -0.1) is 23.7 Å². The lowest BCUT2D eigenvalue weighted by Gasteiger charge is -2.35. The van der Waals surface area contributed by atoms with Gasteiger partial charge in [0.05, 0.1) is 13.2 Å². The third-order valence-electron chi connectivity index (χ3n) is 3.82. The van der Waals surface area contributed by atoms with Gasteiger partial charge in [0.15, 0.2) is 0 Å². The molecule has 3 nitrogen and oxygen atoms in total. The molecule has 120 valence electrons. The molecule has 2 aromatic rings. The Morgan fingerprint density at radius 3 is 2.68 bits per heavy atom. The van der Waals surface area contributed by atoms with E-state index >= 15 is 0 Å². The first-order valence-electron chi connectivity index (χ1n) is 7.11. The number of hydrogen-bond donors (Lipinski definition) is 1. The molecule has 1 fully saturated rings. The Morgan fingerprint density at radius 1 is 1.27 bits per heavy atom. The fourth-order valence-corrected chi connectivity index (χ4v) is 3.70. The molecule has 1 aliphatic rings. The predicted octanol–water partition coefficient (Wildman–Crippen LogP) is 3.31. The van der Waals surface area contributed by atoms with Gasteiger partial charge < -0.3 is 10.1 Å². The zero-order valence-corrected chi connectivity index (χ0v) is 14.1. The van der Waals surface area contributed by atoms with Gasteiger partial charge in [-0.3, -0.25) is 4.90 Å². The summed E-state index contributed by atoms with van der Waals surface area (Å²) in [6, 6.07) is 9.16. The molecule has 22 heavy (non-hydrogen) atoms. The second kappa shape index (κ2) is 7.92. The van der Waals surface area contributed by atoms with Gasteiger partial charge in [0, 0.05) is 42.7 Å². The maximum absolute atomic E-state index is 13.5. The third kappa shape index (κ3) is 3.60. The Hall–Kier alpha value is -1.14. The van der Waals surface area contributed by atoms with Crippen LogP contribution in [0.25, 0.3) is 0 Å². The van der Waals surface area contributed by atoms with E-state index in [9.17, 15) is 4.39 Å². The summed E-state index contributed by atoms with van der Waals surface area (Å²) in [5.41, 5.74) is 1.03. The van der Waals surface area contributed by atoms with Crippen LogP contribution in [0.15, 0.2) is 35.7 Å². The van der Waals surface area contributed by atoms with Crippen LogP contribution in [0.3, 0.4) is 0 Å². The summed E-state index contributed by atoms with van der Waals surface area (Å²) >= 11 is 1.73. The maximum atomic E-state index is 13.5. The van der Waals surface area contributed by atoms with Gasteiger partial charge in [0.2, 0.25) is 0 Å². The van der Waals surface area contributed by atoms with Crippen LogP contribution in [-0.2, 0) is 0 Å². The topological polar surface area (TPSA) is 24.5 Å². The molecule has 0 unspecified atom stereocenters. The van der Waals surface area contributed by atoms with E-state index in [1.807, 2.05) is 6.07 Å². The van der Waals surface area contributed by atoms with Crippen molar-refractivity contribution in [3.05, 3.63) is 52.0 Å². The highest BCUT2D eigenvalue weighted by Gasteiger charge is 2.27. The van der Waals surface area contributed by atoms with E-state index in [-0.39, 0.29) is 24.3 Å². The summed E-state index contributed by atoms with van der Waals surface area (Å²) in [5.74, 6) is 0.354. The average molecular weight is 343 g/mol. The van der Waals surface area contributed by atoms with Crippen LogP contribution >= 0.6 is 23.7 Å². The number of nitrogens with one attached hydrogen (secondary N) is 1. The summed E-state index contributed by atoms with van der Waals surface area (Å²) in [4.78, 5) is 3.69. The predicted molar refractivity (Wildman–Crippen MR) is 90.8 cm³/mol. The Morgan fingerprint density at radius 2 is 2.05 bits per heavy atom. The number of rotatable bonds is 4. The minimum atomic E-state index is -0.263. The van der Waals surface area contributed by atoms with Gasteiger partial charge in [-0.1, -0.05) is 12.1 Å². The molecule has 1 aromatic heterocycles. The highest BCUT2D eigenvalue weighted by atomic mass is 35.5. The molecule has 1 saturated heterocycles. The monoisotopic (exact) mass is 342 g/mol. The second-order valence-corrected chi connectivity index (χ2v) is 6.07. The van der Waals surface area contributed by atoms with Crippen LogP contribution in [0.1, 0.15) is 16.5 Å². The molecule has 1 atom stereocenters. The molecule has 1 aliphatic heterocycles. The molecular formula is C16H20ClFN2OS. The van der Waals surface area contributed by atoms with Gasteiger partial charge in [-0.05, 0) is 17.5 Å². The molecule has 0 radical (unpaired) electrons. The van der Waals surface area contributed by atoms with Gasteiger partial charge in [-0.25, -0.2) is 4.39 Å². The van der Waals surface area contributed by atoms with Crippen molar-refractivity contribution in [2.24, 2.45) is 0 Å². The van der Waals surface area contributed by atoms with E-state index < -0.39 is 0 Å². The maximum Gasteiger partial charge on any atom is 0.126 e. The van der Waals surface area contributed by atoms with E-state index in [2.05, 4.69) is 27.7 Å². The molecule has 2 heterocycles. The Bertz CT molecular complexity index is 588. The number of methoxy groups -OCH3 is 1. The average Bonchev–Trinajstić information content (AvgIpc) is 3.04. The SMILES string of the molecule is COc1cc(F)ccc1[C@@H](c1cccs1)N1CCNCC1.Cl. The highest BCUT2D eigenvalue weighted by Crippen LogP contribution is 2.37. The molecule has 3 rings (SSSR count). The van der Waals surface area contributed by atoms with Gasteiger partial charge in [0.25, 0.3) is 0 Å². The molecule has 0 saturated carbocycles. The first-order valence-corrected chi connectivity index (χ1v) is 7.99. The number of halogens is 2. The van der Waals surface area contributed by atoms with Crippen molar-refractivity contribution in [1.82, 2.24) is 10.2 Å². The number of benzene rings is 1. The van der Waals surface area contributed by atoms with Gasteiger partial charge in [0.1, 0.15) is 11.6 Å². The third-order valence-corrected chi connectivity index (χ3v) is 4.74. The van der Waals surface area contributed by atoms with Crippen LogP contribution in [-0.4, -0.2) is 38.2 Å². The van der Waals surface area contributed by atoms with Crippen LogP contribution in [0.4, 0.5) is 4.39 Å². The van der Waals surface area contributed by atoms with Gasteiger partial charge >= 0.3 is 0 Å². The van der Waals surface area contributed by atoms with E-state index in [0.29, 0.717) is 5.75 Å². The first-order chi connectivity index (χ1) is 10.3. The molecule has 0 bridgehead atoms. The minimum Gasteiger partial charge on any atom is -0.496 e. The van der Waals surface area contributed by atoms with Crippen LogP contribution < -0.4 is 10.1 Å². The number of nitrogens with zero attached hydrogens (tertiary/aromatic N) is 1. The number of ether oxygens (including phenoxy) is 1. The van der Waals surface area contributed by atoms with Crippen molar-refractivity contribution in [2.75, 3.05) is 33.3 Å². The summed E-state index contributed by atoms with van der Waals surface area (Å²) in [6.07, 6.45) is 0. The van der Waals surface area contributed by atoms with Crippen molar-refractivity contribution in [3.8, 4) is 5.75 Å². The van der Waals surface area contributed by atoms with E-state index in [4.69, 9.17) is 4.74 Å². The lowest BCUT2D eigenvalue weighted by atomic mass is 10.0. The number of thiophene rings is 1. The largest absolute Gasteiger partial charge is 0.496 e. The normalized spacial score (nSPS) is 16.8. The zero-order valence-electron chi connectivity index (χ0n) is 12.4. The van der Waals surface area contributed by atoms with Crippen molar-refractivity contribution >= 4 is 23.7 Å². The molecule has 6 heteroatoms. The smallest absolute Gasteiger partial charge is 0.126 e. The number of piperazine rings is 1. The summed E-state index contributed by atoms with van der Waals surface area (Å²) in [5, 5.41) is 5.46. The fourth-order valence-electron chi connectivity index (χ4n) is 2.83. The van der Waals surface area contributed by atoms with Crippen molar-refractivity contribution in [2.45, 2.75) is 6.04 Å². The Balaban J connectivity index is 0.00000176. The van der Waals surface area contributed by atoms with Crippen molar-refractivity contribution in [3.63, 3.8) is 0 Å². The Labute approximate surface area is 140 Å². The highest BCUT2D eigenvalue weighted by molar-refractivity contribution is 7.10. The van der Waals surface area contributed by atoms with Crippen LogP contribution in [0.5, 0.6) is 5.75 Å². The molecule has 1 aromatic carbocycles. The van der Waals surface area contributed by atoms with Crippen molar-refractivity contribution < 1.29 is 9.13 Å². The van der Waals surface area contributed by atoms with E-state index in [0.717, 1.165) is 31.7 Å². The standard InChI is InChI=1S/C16H19FN2OS.ClH/c1-20-14-11-12(17)4-5-13(14)16(15-3-2-10-21-15)19-8-6-18-7-9-19;/h2-5,10-11,16,18H,6-9H2,1H3;1H/t16-;/m0./s1. The minimum absolute atomic E-state index is 0. The zero-order chi connectivity index (χ0) is 14.7. The quantitative estimate of drug-likeness (QED) is 0.922. The molecule has 0 aliphatic carbocycles. The van der Waals surface area contributed by atoms with E-state index in [1.54, 1.807) is 18.4 Å². The van der Waals surface area contributed by atoms with Crippen LogP contribution in [0.2, 0.25) is 0 Å². The number of hydrogen-bond acceptors (Lipinski definition) is 4. The summed E-state index contributed by atoms with van der Waals surface area (Å²) in [6.45, 7) is 3.91. The fraction of sp³-hybridized carbons (Fsp3) is 0.375. The molecular weight excluding hydrogens is 323 g/mol. The molecule has 0 amide bonds. The van der Waals surface area contributed by atoms with Gasteiger partial charge in [-0.2, -0.15) is 0 Å². The molecule has 1 N–H and O–H groups in total. The summed E-state index contributed by atoms with van der Waals surface area (Å²) < 4.78 is 18.9. The second-order valence-electron chi connectivity index (χ2n) is 5.09. The van der Waals surface area contributed by atoms with E-state index in [1.165, 1.54) is 17.0 Å². The Kier molecular flexibility index (Phi) is 6.20. The summed E-state index contributed by atoms with van der Waals surface area (Å²) in [7, 11) is 1.60. The van der Waals surface area contributed by atoms with Crippen molar-refractivity contribution in [1.29, 1.82) is 0 Å². The van der Waals surface area contributed by atoms with Crippen LogP contribution in [0, 0.1) is 5.82 Å². The molecule has 0 spiro atoms. The lowest BCUT2D eigenvalue weighted by molar-refractivity contribution is 0.197. The lowest BCUT2D eigenvalue weighted by Crippen LogP contribution is -2.45.